The third-order valence-electron chi connectivity index (χ3n) is 9.52. The van der Waals surface area contributed by atoms with Crippen molar-refractivity contribution in [3.05, 3.63) is 23.3 Å². The number of halogens is 4. The number of hydrogen-bond donors (Lipinski definition) is 5. The number of Topliss-reactive ketones (excluding diaryl/α,β-unsaturated/α-hetero) is 1. The summed E-state index contributed by atoms with van der Waals surface area (Å²) in [6, 6.07) is 0. The first-order valence-corrected chi connectivity index (χ1v) is 23.0. The first-order valence-electron chi connectivity index (χ1n) is 21.8. The van der Waals surface area contributed by atoms with Crippen LogP contribution in [0.3, 0.4) is 0 Å². The van der Waals surface area contributed by atoms with E-state index >= 15 is 0 Å². The number of carbonyl (C=O) groups is 5. The van der Waals surface area contributed by atoms with Crippen LogP contribution in [0.25, 0.3) is 0 Å². The Hall–Kier alpha value is -2.89. The molecule has 0 aliphatic rings. The lowest BCUT2D eigenvalue weighted by atomic mass is 9.81. The molecule has 19 heteroatoms. The summed E-state index contributed by atoms with van der Waals surface area (Å²) >= 11 is 4.19. The zero-order valence-corrected chi connectivity index (χ0v) is 39.3. The molecule has 1 aromatic carbocycles. The number of rotatable bonds is 35. The van der Waals surface area contributed by atoms with Crippen LogP contribution in [0.5, 0.6) is 5.75 Å². The second-order valence-electron chi connectivity index (χ2n) is 15.1. The zero-order chi connectivity index (χ0) is 46.8. The highest BCUT2D eigenvalue weighted by molar-refractivity contribution is 7.80. The number of unbranched alkanes of at least 4 members (excludes halogenated alkanes) is 5. The van der Waals surface area contributed by atoms with E-state index in [2.05, 4.69) is 47.2 Å². The molecule has 1 rings (SSSR count). The molecule has 13 nitrogen and oxygen atoms in total. The molecule has 0 aliphatic carbocycles. The summed E-state index contributed by atoms with van der Waals surface area (Å²) in [6.45, 7) is 10.1. The molecular weight excluding hydrogens is 856 g/mol. The molecule has 0 bridgehead atoms. The minimum atomic E-state index is -1.97. The number of amides is 3. The van der Waals surface area contributed by atoms with Crippen LogP contribution in [-0.2, 0) is 38.2 Å². The van der Waals surface area contributed by atoms with E-state index < -0.39 is 52.3 Å². The Morgan fingerprint density at radius 2 is 1.15 bits per heavy atom. The topological polar surface area (TPSA) is 184 Å². The molecule has 0 aromatic heterocycles. The molecule has 5 N–H and O–H groups in total. The minimum absolute atomic E-state index is 0.0162. The molecule has 0 spiro atoms. The van der Waals surface area contributed by atoms with Crippen molar-refractivity contribution in [2.24, 2.45) is 11.7 Å². The van der Waals surface area contributed by atoms with Crippen molar-refractivity contribution in [3.63, 3.8) is 0 Å². The number of nitrogens with two attached hydrogens (primary N) is 1. The van der Waals surface area contributed by atoms with Crippen LogP contribution < -0.4 is 31.7 Å². The lowest BCUT2D eigenvalue weighted by molar-refractivity contribution is -0.136. The number of benzene rings is 1. The van der Waals surface area contributed by atoms with Crippen molar-refractivity contribution in [3.8, 4) is 5.75 Å². The van der Waals surface area contributed by atoms with Gasteiger partial charge >= 0.3 is 5.97 Å². The van der Waals surface area contributed by atoms with Crippen molar-refractivity contribution < 1.29 is 60.5 Å². The van der Waals surface area contributed by atoms with Gasteiger partial charge in [-0.05, 0) is 57.2 Å². The zero-order valence-electron chi connectivity index (χ0n) is 37.3. The van der Waals surface area contributed by atoms with Crippen LogP contribution in [0.15, 0.2) is 0 Å². The van der Waals surface area contributed by atoms with Crippen LogP contribution in [0, 0.1) is 29.2 Å². The van der Waals surface area contributed by atoms with Gasteiger partial charge in [-0.25, -0.2) is 13.2 Å². The number of carbonyl (C=O) groups excluding carboxylic acids is 5. The van der Waals surface area contributed by atoms with Gasteiger partial charge in [-0.15, -0.1) is 0 Å². The van der Waals surface area contributed by atoms with Crippen molar-refractivity contribution in [1.29, 1.82) is 0 Å². The SMILES string of the molecule is CCCCCN.CCCCCNC(=O)CCC(CCC(=O)NCCCCS)(CCC(=O)C(C)C)NC(=O)CCOCCOCCOCCC(=O)Oc1c(F)c(F)c(F)c(P)c1F. The number of ether oxygens (including phenoxy) is 4. The van der Waals surface area contributed by atoms with Crippen molar-refractivity contribution in [2.75, 3.05) is 65.0 Å². The quantitative estimate of drug-likeness (QED) is 0.00772. The fourth-order valence-electron chi connectivity index (χ4n) is 5.66. The maximum absolute atomic E-state index is 14.0. The van der Waals surface area contributed by atoms with E-state index in [0.29, 0.717) is 18.8 Å². The molecule has 358 valence electrons. The Bertz CT molecular complexity index is 1410. The Morgan fingerprint density at radius 3 is 1.65 bits per heavy atom. The van der Waals surface area contributed by atoms with Gasteiger partial charge in [0.15, 0.2) is 17.5 Å². The molecule has 0 saturated heterocycles. The van der Waals surface area contributed by atoms with Gasteiger partial charge in [-0.1, -0.05) is 62.6 Å². The molecule has 0 heterocycles. The van der Waals surface area contributed by atoms with E-state index in [0.717, 1.165) is 38.6 Å². The second kappa shape index (κ2) is 36.4. The van der Waals surface area contributed by atoms with Gasteiger partial charge in [0.1, 0.15) is 5.78 Å². The molecule has 0 saturated carbocycles. The van der Waals surface area contributed by atoms with Gasteiger partial charge in [0.2, 0.25) is 29.3 Å². The van der Waals surface area contributed by atoms with Crippen molar-refractivity contribution >= 4 is 56.6 Å². The van der Waals surface area contributed by atoms with E-state index in [-0.39, 0.29) is 114 Å². The minimum Gasteiger partial charge on any atom is -0.420 e. The highest BCUT2D eigenvalue weighted by Crippen LogP contribution is 2.28. The van der Waals surface area contributed by atoms with Crippen LogP contribution in [-0.4, -0.2) is 100 Å². The third kappa shape index (κ3) is 27.3. The van der Waals surface area contributed by atoms with Gasteiger partial charge in [0.25, 0.3) is 0 Å². The average Bonchev–Trinajstić information content (AvgIpc) is 3.25. The number of thiol groups is 1. The molecular formula is C43H73F4N4O9PS. The summed E-state index contributed by atoms with van der Waals surface area (Å²) in [4.78, 5) is 63.3. The van der Waals surface area contributed by atoms with Gasteiger partial charge in [0.05, 0.1) is 46.1 Å². The monoisotopic (exact) mass is 928 g/mol. The molecule has 1 aromatic rings. The predicted molar refractivity (Wildman–Crippen MR) is 239 cm³/mol. The smallest absolute Gasteiger partial charge is 0.313 e. The molecule has 0 aliphatic heterocycles. The van der Waals surface area contributed by atoms with E-state index in [1.54, 1.807) is 23.1 Å². The summed E-state index contributed by atoms with van der Waals surface area (Å²) in [5.41, 5.74) is 4.24. The Morgan fingerprint density at radius 1 is 0.645 bits per heavy atom. The van der Waals surface area contributed by atoms with Crippen molar-refractivity contribution in [2.45, 2.75) is 136 Å². The third-order valence-corrected chi connectivity index (χ3v) is 10.3. The van der Waals surface area contributed by atoms with Gasteiger partial charge in [-0.2, -0.15) is 17.0 Å². The van der Waals surface area contributed by atoms with Crippen molar-refractivity contribution in [1.82, 2.24) is 16.0 Å². The first-order chi connectivity index (χ1) is 29.6. The highest BCUT2D eigenvalue weighted by Gasteiger charge is 2.34. The molecule has 2 unspecified atom stereocenters. The van der Waals surface area contributed by atoms with Gasteiger partial charge < -0.3 is 40.6 Å². The lowest BCUT2D eigenvalue weighted by Crippen LogP contribution is -2.50. The fourth-order valence-corrected chi connectivity index (χ4v) is 6.14. The maximum atomic E-state index is 14.0. The van der Waals surface area contributed by atoms with E-state index in [1.165, 1.54) is 19.3 Å². The fraction of sp³-hybridized carbons (Fsp3) is 0.744. The molecule has 2 atom stereocenters. The summed E-state index contributed by atoms with van der Waals surface area (Å²) in [5.74, 6) is -9.86. The average molecular weight is 929 g/mol. The van der Waals surface area contributed by atoms with Crippen LogP contribution in [0.4, 0.5) is 17.6 Å². The Labute approximate surface area is 373 Å². The van der Waals surface area contributed by atoms with E-state index in [1.807, 2.05) is 0 Å². The van der Waals surface area contributed by atoms with Crippen LogP contribution in [0.1, 0.15) is 130 Å². The predicted octanol–water partition coefficient (Wildman–Crippen LogP) is 6.17. The number of nitrogens with one attached hydrogen (secondary N) is 3. The molecule has 3 amide bonds. The lowest BCUT2D eigenvalue weighted by Gasteiger charge is -2.35. The summed E-state index contributed by atoms with van der Waals surface area (Å²) < 4.78 is 75.5. The number of ketones is 1. The standard InChI is InChI=1S/C38H60F4N3O9PS.C5H13N/c1-4-5-6-17-43-28(47)10-15-38(14-9-27(46)26(2)3,16-11-29(48)44-18-7-8-25-56)45-30(49)12-19-51-21-23-53-24-22-52-20-13-31(50)54-36-33(40)32(39)34(41)37(55)35(36)42;1-2-3-4-5-6/h26,56H,4-25,55H2,1-3H3,(H,43,47)(H,44,48)(H,45,49);2-6H2,1H3. The largest absolute Gasteiger partial charge is 0.420 e. The number of hydrogen-bond acceptors (Lipinski definition) is 11. The van der Waals surface area contributed by atoms with E-state index in [9.17, 15) is 41.5 Å². The Balaban J connectivity index is 0.00000575. The summed E-state index contributed by atoms with van der Waals surface area (Å²) in [6.07, 6.45) is 8.98. The van der Waals surface area contributed by atoms with E-state index in [4.69, 9.17) is 19.9 Å². The Kier molecular flexibility index (Phi) is 34.7. The van der Waals surface area contributed by atoms with Crippen LogP contribution >= 0.6 is 21.9 Å². The van der Waals surface area contributed by atoms with Gasteiger partial charge in [0, 0.05) is 55.5 Å². The second-order valence-corrected chi connectivity index (χ2v) is 16.1. The molecule has 62 heavy (non-hydrogen) atoms. The first kappa shape index (κ1) is 59.1. The molecule has 0 fully saturated rings. The van der Waals surface area contributed by atoms with Crippen LogP contribution in [0.2, 0.25) is 0 Å². The number of esters is 1. The maximum Gasteiger partial charge on any atom is 0.313 e. The molecule has 0 radical (unpaired) electrons. The summed E-state index contributed by atoms with van der Waals surface area (Å²) in [5, 5.41) is 7.96. The highest BCUT2D eigenvalue weighted by atomic mass is 32.1. The normalized spacial score (nSPS) is 12.0. The summed E-state index contributed by atoms with van der Waals surface area (Å²) in [7, 11) is 1.57. The van der Waals surface area contributed by atoms with Gasteiger partial charge in [-0.3, -0.25) is 24.0 Å².